The third-order valence-electron chi connectivity index (χ3n) is 2.94. The molecule has 0 spiro atoms. The van der Waals surface area contributed by atoms with Crippen molar-refractivity contribution in [1.82, 2.24) is 9.78 Å². The van der Waals surface area contributed by atoms with Gasteiger partial charge in [0.2, 0.25) is 0 Å². The summed E-state index contributed by atoms with van der Waals surface area (Å²) in [4.78, 5) is 10.0. The summed E-state index contributed by atoms with van der Waals surface area (Å²) in [6, 6.07) is 12.4. The molecule has 0 unspecified atom stereocenters. The zero-order valence-electron chi connectivity index (χ0n) is 11.0. The van der Waals surface area contributed by atoms with Crippen molar-refractivity contribution in [1.29, 1.82) is 0 Å². The van der Waals surface area contributed by atoms with Crippen LogP contribution in [0.25, 0.3) is 5.69 Å². The first-order chi connectivity index (χ1) is 10.2. The SMILES string of the molecule is O=[N+]([O-])c1ccc(CNc2ccccc2-n2cccn2)o1. The zero-order valence-corrected chi connectivity index (χ0v) is 11.0. The van der Waals surface area contributed by atoms with Gasteiger partial charge in [-0.05, 0) is 24.3 Å². The van der Waals surface area contributed by atoms with Crippen LogP contribution < -0.4 is 5.32 Å². The highest BCUT2D eigenvalue weighted by Gasteiger charge is 2.12. The third kappa shape index (κ3) is 2.76. The second-order valence-electron chi connectivity index (χ2n) is 4.32. The third-order valence-corrected chi connectivity index (χ3v) is 2.94. The predicted molar refractivity (Wildman–Crippen MR) is 76.3 cm³/mol. The summed E-state index contributed by atoms with van der Waals surface area (Å²) in [6.45, 7) is 0.353. The average Bonchev–Trinajstić information content (AvgIpc) is 3.17. The first kappa shape index (κ1) is 12.9. The Morgan fingerprint density at radius 2 is 2.10 bits per heavy atom. The number of hydrogen-bond acceptors (Lipinski definition) is 5. The highest BCUT2D eigenvalue weighted by molar-refractivity contribution is 5.60. The van der Waals surface area contributed by atoms with Gasteiger partial charge in [-0.15, -0.1) is 0 Å². The van der Waals surface area contributed by atoms with Gasteiger partial charge >= 0.3 is 5.88 Å². The first-order valence-electron chi connectivity index (χ1n) is 6.30. The van der Waals surface area contributed by atoms with E-state index in [0.717, 1.165) is 11.4 Å². The first-order valence-corrected chi connectivity index (χ1v) is 6.30. The fourth-order valence-corrected chi connectivity index (χ4v) is 1.98. The maximum Gasteiger partial charge on any atom is 0.433 e. The summed E-state index contributed by atoms with van der Waals surface area (Å²) in [6.07, 6.45) is 3.55. The van der Waals surface area contributed by atoms with Crippen LogP contribution >= 0.6 is 0 Å². The topological polar surface area (TPSA) is 86.1 Å². The normalized spacial score (nSPS) is 10.5. The van der Waals surface area contributed by atoms with Gasteiger partial charge in [0.25, 0.3) is 0 Å². The van der Waals surface area contributed by atoms with Crippen molar-refractivity contribution in [3.05, 3.63) is 70.7 Å². The van der Waals surface area contributed by atoms with Crippen molar-refractivity contribution in [3.63, 3.8) is 0 Å². The lowest BCUT2D eigenvalue weighted by Gasteiger charge is -2.10. The van der Waals surface area contributed by atoms with Crippen molar-refractivity contribution in [3.8, 4) is 5.69 Å². The molecule has 3 rings (SSSR count). The van der Waals surface area contributed by atoms with E-state index in [9.17, 15) is 10.1 Å². The van der Waals surface area contributed by atoms with Gasteiger partial charge in [-0.2, -0.15) is 5.10 Å². The molecule has 1 aromatic carbocycles. The molecule has 7 heteroatoms. The molecule has 0 saturated carbocycles. The Hall–Kier alpha value is -3.09. The number of nitrogens with one attached hydrogen (secondary N) is 1. The Labute approximate surface area is 120 Å². The van der Waals surface area contributed by atoms with Gasteiger partial charge in [-0.1, -0.05) is 12.1 Å². The Morgan fingerprint density at radius 1 is 1.24 bits per heavy atom. The van der Waals surface area contributed by atoms with E-state index in [-0.39, 0.29) is 5.88 Å². The van der Waals surface area contributed by atoms with Crippen molar-refractivity contribution in [2.45, 2.75) is 6.54 Å². The minimum absolute atomic E-state index is 0.257. The van der Waals surface area contributed by atoms with Crippen molar-refractivity contribution < 1.29 is 9.34 Å². The molecule has 21 heavy (non-hydrogen) atoms. The molecular formula is C14H12N4O3. The fourth-order valence-electron chi connectivity index (χ4n) is 1.98. The molecule has 0 saturated heterocycles. The Bertz CT molecular complexity index is 749. The van der Waals surface area contributed by atoms with E-state index in [1.54, 1.807) is 16.9 Å². The Balaban J connectivity index is 1.77. The van der Waals surface area contributed by atoms with Crippen molar-refractivity contribution in [2.24, 2.45) is 0 Å². The van der Waals surface area contributed by atoms with E-state index in [1.807, 2.05) is 36.5 Å². The summed E-state index contributed by atoms with van der Waals surface area (Å²) in [7, 11) is 0. The second kappa shape index (κ2) is 5.49. The molecule has 0 aliphatic rings. The van der Waals surface area contributed by atoms with Crippen LogP contribution in [-0.2, 0) is 6.54 Å². The number of benzene rings is 1. The number of furan rings is 1. The molecule has 0 amide bonds. The molecular weight excluding hydrogens is 272 g/mol. The molecule has 0 aliphatic carbocycles. The molecule has 106 valence electrons. The average molecular weight is 284 g/mol. The molecule has 0 aliphatic heterocycles. The lowest BCUT2D eigenvalue weighted by atomic mass is 10.2. The Morgan fingerprint density at radius 3 is 2.81 bits per heavy atom. The Kier molecular flexibility index (Phi) is 3.38. The van der Waals surface area contributed by atoms with Gasteiger partial charge in [0.1, 0.15) is 10.7 Å². The molecule has 0 fully saturated rings. The van der Waals surface area contributed by atoms with Crippen LogP contribution in [0.5, 0.6) is 0 Å². The van der Waals surface area contributed by atoms with Gasteiger partial charge in [0.15, 0.2) is 0 Å². The lowest BCUT2D eigenvalue weighted by molar-refractivity contribution is -0.402. The summed E-state index contributed by atoms with van der Waals surface area (Å²) in [5.74, 6) is 0.240. The zero-order chi connectivity index (χ0) is 14.7. The van der Waals surface area contributed by atoms with Crippen LogP contribution in [0.3, 0.4) is 0 Å². The summed E-state index contributed by atoms with van der Waals surface area (Å²) >= 11 is 0. The van der Waals surface area contributed by atoms with Crippen LogP contribution in [0.4, 0.5) is 11.6 Å². The van der Waals surface area contributed by atoms with E-state index >= 15 is 0 Å². The van der Waals surface area contributed by atoms with Gasteiger partial charge in [-0.25, -0.2) is 4.68 Å². The smallest absolute Gasteiger partial charge is 0.404 e. The molecule has 0 radical (unpaired) electrons. The molecule has 0 atom stereocenters. The minimum atomic E-state index is -0.554. The van der Waals surface area contributed by atoms with Crippen molar-refractivity contribution in [2.75, 3.05) is 5.32 Å². The molecule has 2 aromatic heterocycles. The van der Waals surface area contributed by atoms with Crippen molar-refractivity contribution >= 4 is 11.6 Å². The summed E-state index contributed by atoms with van der Waals surface area (Å²) < 4.78 is 6.86. The van der Waals surface area contributed by atoms with Gasteiger partial charge < -0.3 is 9.73 Å². The number of anilines is 1. The van der Waals surface area contributed by atoms with Gasteiger partial charge in [-0.3, -0.25) is 10.1 Å². The lowest BCUT2D eigenvalue weighted by Crippen LogP contribution is -2.04. The molecule has 7 nitrogen and oxygen atoms in total. The minimum Gasteiger partial charge on any atom is -0.404 e. The fraction of sp³-hybridized carbons (Fsp3) is 0.0714. The van der Waals surface area contributed by atoms with Crippen LogP contribution in [0.15, 0.2) is 59.3 Å². The van der Waals surface area contributed by atoms with E-state index in [2.05, 4.69) is 10.4 Å². The maximum atomic E-state index is 10.6. The van der Waals surface area contributed by atoms with Crippen LogP contribution in [-0.4, -0.2) is 14.7 Å². The van der Waals surface area contributed by atoms with Gasteiger partial charge in [0, 0.05) is 12.4 Å². The van der Waals surface area contributed by atoms with E-state index in [4.69, 9.17) is 4.42 Å². The highest BCUT2D eigenvalue weighted by atomic mass is 16.6. The monoisotopic (exact) mass is 284 g/mol. The number of rotatable bonds is 5. The van der Waals surface area contributed by atoms with Gasteiger partial charge in [0.05, 0.1) is 24.0 Å². The second-order valence-corrected chi connectivity index (χ2v) is 4.32. The molecule has 0 bridgehead atoms. The highest BCUT2D eigenvalue weighted by Crippen LogP contribution is 2.21. The number of hydrogen-bond donors (Lipinski definition) is 1. The van der Waals surface area contributed by atoms with Crippen LogP contribution in [0.2, 0.25) is 0 Å². The number of para-hydroxylation sites is 2. The number of nitro groups is 1. The summed E-state index contributed by atoms with van der Waals surface area (Å²) in [5.41, 5.74) is 1.75. The van der Waals surface area contributed by atoms with Crippen LogP contribution in [0, 0.1) is 10.1 Å². The summed E-state index contributed by atoms with van der Waals surface area (Å²) in [5, 5.41) is 18.0. The molecule has 3 aromatic rings. The van der Waals surface area contributed by atoms with E-state index < -0.39 is 4.92 Å². The molecule has 2 heterocycles. The maximum absolute atomic E-state index is 10.6. The predicted octanol–water partition coefficient (Wildman–Crippen LogP) is 2.99. The number of aromatic nitrogens is 2. The standard InChI is InChI=1S/C14H12N4O3/c19-18(20)14-7-6-11(21-14)10-15-12-4-1-2-5-13(12)17-9-3-8-16-17/h1-9,15H,10H2. The number of nitrogens with zero attached hydrogens (tertiary/aromatic N) is 3. The van der Waals surface area contributed by atoms with Crippen LogP contribution in [0.1, 0.15) is 5.76 Å². The van der Waals surface area contributed by atoms with E-state index in [0.29, 0.717) is 12.3 Å². The molecule has 1 N–H and O–H groups in total. The van der Waals surface area contributed by atoms with E-state index in [1.165, 1.54) is 6.07 Å². The quantitative estimate of drug-likeness (QED) is 0.575. The largest absolute Gasteiger partial charge is 0.433 e.